The number of hydrogen-bond acceptors (Lipinski definition) is 5. The summed E-state index contributed by atoms with van der Waals surface area (Å²) in [5.41, 5.74) is 4.86. The molecule has 3 rings (SSSR count). The minimum Gasteiger partial charge on any atom is -0.322 e. The third-order valence-corrected chi connectivity index (χ3v) is 5.30. The number of aryl methyl sites for hydroxylation is 2. The number of nitrogens with zero attached hydrogens (tertiary/aromatic N) is 4. The normalized spacial score (nSPS) is 11.0. The fourth-order valence-electron chi connectivity index (χ4n) is 3.33. The molecule has 0 atom stereocenters. The lowest BCUT2D eigenvalue weighted by Gasteiger charge is -2.17. The molecule has 0 aliphatic heterocycles. The first-order valence-corrected chi connectivity index (χ1v) is 10.1. The van der Waals surface area contributed by atoms with E-state index >= 15 is 0 Å². The second-order valence-electron chi connectivity index (χ2n) is 7.55. The Morgan fingerprint density at radius 3 is 2.52 bits per heavy atom. The summed E-state index contributed by atoms with van der Waals surface area (Å²) >= 11 is 6.16. The Balaban J connectivity index is 1.69. The van der Waals surface area contributed by atoms with Gasteiger partial charge in [0.05, 0.1) is 34.2 Å². The average Bonchev–Trinajstić information content (AvgIpc) is 2.98. The number of nitro benzene ring substituents is 1. The molecular weight excluding hydrogens is 418 g/mol. The molecule has 31 heavy (non-hydrogen) atoms. The maximum absolute atomic E-state index is 12.6. The molecule has 0 aliphatic rings. The van der Waals surface area contributed by atoms with Gasteiger partial charge >= 0.3 is 0 Å². The monoisotopic (exact) mass is 441 g/mol. The van der Waals surface area contributed by atoms with E-state index < -0.39 is 4.92 Å². The van der Waals surface area contributed by atoms with Crippen molar-refractivity contribution in [3.63, 3.8) is 0 Å². The number of carbonyl (C=O) groups is 1. The van der Waals surface area contributed by atoms with Crippen LogP contribution in [0.25, 0.3) is 5.69 Å². The smallest absolute Gasteiger partial charge is 0.269 e. The van der Waals surface area contributed by atoms with Gasteiger partial charge in [-0.05, 0) is 51.6 Å². The van der Waals surface area contributed by atoms with Crippen molar-refractivity contribution in [2.75, 3.05) is 18.9 Å². The fourth-order valence-corrected chi connectivity index (χ4v) is 3.50. The molecule has 1 N–H and O–H groups in total. The zero-order valence-corrected chi connectivity index (χ0v) is 18.6. The molecule has 162 valence electrons. The standard InChI is InChI=1S/C22H24ClN5O3/c1-14-5-7-18(8-6-14)27-16(3)22(15(2)25-27)24-21(29)13-26(4)12-17-11-19(28(30)31)9-10-20(17)23/h5-11H,12-13H2,1-4H3,(H,24,29). The SMILES string of the molecule is Cc1ccc(-n2nc(C)c(NC(=O)CN(C)Cc3cc([N+](=O)[O-])ccc3Cl)c2C)cc1. The predicted molar refractivity (Wildman–Crippen MR) is 121 cm³/mol. The first-order valence-electron chi connectivity index (χ1n) is 9.70. The minimum absolute atomic E-state index is 0.0352. The number of anilines is 1. The molecule has 0 unspecified atom stereocenters. The Morgan fingerprint density at radius 2 is 1.87 bits per heavy atom. The number of amides is 1. The highest BCUT2D eigenvalue weighted by molar-refractivity contribution is 6.31. The highest BCUT2D eigenvalue weighted by Crippen LogP contribution is 2.24. The Hall–Kier alpha value is -3.23. The van der Waals surface area contributed by atoms with Crippen LogP contribution in [0.15, 0.2) is 42.5 Å². The topological polar surface area (TPSA) is 93.3 Å². The van der Waals surface area contributed by atoms with Gasteiger partial charge in [0.25, 0.3) is 5.69 Å². The van der Waals surface area contributed by atoms with Crippen LogP contribution in [0.1, 0.15) is 22.5 Å². The van der Waals surface area contributed by atoms with Crippen LogP contribution in [-0.4, -0.2) is 39.1 Å². The molecule has 0 fully saturated rings. The van der Waals surface area contributed by atoms with Crippen LogP contribution in [0, 0.1) is 30.9 Å². The molecule has 0 radical (unpaired) electrons. The van der Waals surface area contributed by atoms with Crippen molar-refractivity contribution in [1.82, 2.24) is 14.7 Å². The molecule has 2 aromatic carbocycles. The van der Waals surface area contributed by atoms with E-state index in [1.165, 1.54) is 18.2 Å². The zero-order chi connectivity index (χ0) is 22.7. The van der Waals surface area contributed by atoms with Gasteiger partial charge in [0, 0.05) is 23.7 Å². The van der Waals surface area contributed by atoms with E-state index in [0.29, 0.717) is 22.8 Å². The first kappa shape index (κ1) is 22.5. The van der Waals surface area contributed by atoms with Crippen LogP contribution in [-0.2, 0) is 11.3 Å². The summed E-state index contributed by atoms with van der Waals surface area (Å²) in [5, 5.41) is 18.9. The number of non-ortho nitro benzene ring substituents is 1. The fraction of sp³-hybridized carbons (Fsp3) is 0.273. The van der Waals surface area contributed by atoms with E-state index in [1.54, 1.807) is 16.6 Å². The van der Waals surface area contributed by atoms with Crippen LogP contribution in [0.4, 0.5) is 11.4 Å². The molecule has 0 saturated heterocycles. The van der Waals surface area contributed by atoms with Crippen LogP contribution >= 0.6 is 11.6 Å². The Morgan fingerprint density at radius 1 is 1.19 bits per heavy atom. The zero-order valence-electron chi connectivity index (χ0n) is 17.8. The van der Waals surface area contributed by atoms with Gasteiger partial charge < -0.3 is 5.32 Å². The number of benzene rings is 2. The number of rotatable bonds is 7. The van der Waals surface area contributed by atoms with Crippen molar-refractivity contribution >= 4 is 28.9 Å². The second kappa shape index (κ2) is 9.28. The Bertz CT molecular complexity index is 1120. The molecule has 1 aromatic heterocycles. The van der Waals surface area contributed by atoms with Crippen molar-refractivity contribution in [2.45, 2.75) is 27.3 Å². The average molecular weight is 442 g/mol. The summed E-state index contributed by atoms with van der Waals surface area (Å²) in [6.45, 7) is 6.16. The largest absolute Gasteiger partial charge is 0.322 e. The van der Waals surface area contributed by atoms with Crippen LogP contribution in [0.5, 0.6) is 0 Å². The number of carbonyl (C=O) groups excluding carboxylic acids is 1. The lowest BCUT2D eigenvalue weighted by atomic mass is 10.2. The van der Waals surface area contributed by atoms with Gasteiger partial charge in [-0.25, -0.2) is 4.68 Å². The quantitative estimate of drug-likeness (QED) is 0.432. The lowest BCUT2D eigenvalue weighted by molar-refractivity contribution is -0.384. The van der Waals surface area contributed by atoms with E-state index in [1.807, 2.05) is 45.0 Å². The van der Waals surface area contributed by atoms with E-state index in [0.717, 1.165) is 22.6 Å². The number of nitro groups is 1. The van der Waals surface area contributed by atoms with E-state index in [4.69, 9.17) is 11.6 Å². The highest BCUT2D eigenvalue weighted by atomic mass is 35.5. The summed E-state index contributed by atoms with van der Waals surface area (Å²) in [4.78, 5) is 24.9. The number of nitrogens with one attached hydrogen (secondary N) is 1. The van der Waals surface area contributed by atoms with Crippen molar-refractivity contribution < 1.29 is 9.72 Å². The maximum atomic E-state index is 12.6. The molecule has 1 amide bonds. The van der Waals surface area contributed by atoms with Gasteiger partial charge in [-0.15, -0.1) is 0 Å². The first-order chi connectivity index (χ1) is 14.7. The molecule has 0 bridgehead atoms. The molecule has 8 nitrogen and oxygen atoms in total. The van der Waals surface area contributed by atoms with Crippen LogP contribution in [0.3, 0.4) is 0 Å². The third-order valence-electron chi connectivity index (χ3n) is 4.93. The molecule has 1 heterocycles. The summed E-state index contributed by atoms with van der Waals surface area (Å²) < 4.78 is 1.80. The predicted octanol–water partition coefficient (Wildman–Crippen LogP) is 4.43. The third kappa shape index (κ3) is 5.28. The van der Waals surface area contributed by atoms with Crippen molar-refractivity contribution in [1.29, 1.82) is 0 Å². The van der Waals surface area contributed by atoms with E-state index in [2.05, 4.69) is 10.4 Å². The number of hydrogen-bond donors (Lipinski definition) is 1. The summed E-state index contributed by atoms with van der Waals surface area (Å²) in [6, 6.07) is 12.3. The molecule has 0 saturated carbocycles. The van der Waals surface area contributed by atoms with Crippen molar-refractivity contribution in [3.8, 4) is 5.69 Å². The Labute approximate surface area is 185 Å². The van der Waals surface area contributed by atoms with Crippen molar-refractivity contribution in [3.05, 3.63) is 80.1 Å². The molecule has 9 heteroatoms. The maximum Gasteiger partial charge on any atom is 0.269 e. The van der Waals surface area contributed by atoms with Gasteiger partial charge in [0.1, 0.15) is 0 Å². The molecule has 3 aromatic rings. The number of aromatic nitrogens is 2. The Kier molecular flexibility index (Phi) is 6.72. The van der Waals surface area contributed by atoms with Gasteiger partial charge in [-0.1, -0.05) is 29.3 Å². The molecule has 0 aliphatic carbocycles. The van der Waals surface area contributed by atoms with Gasteiger partial charge in [0.15, 0.2) is 0 Å². The number of likely N-dealkylation sites (N-methyl/N-ethyl adjacent to an activating group) is 1. The van der Waals surface area contributed by atoms with Gasteiger partial charge in [0.2, 0.25) is 5.91 Å². The van der Waals surface area contributed by atoms with Gasteiger partial charge in [-0.2, -0.15) is 5.10 Å². The second-order valence-corrected chi connectivity index (χ2v) is 7.95. The van der Waals surface area contributed by atoms with Crippen molar-refractivity contribution in [2.24, 2.45) is 0 Å². The number of halogens is 1. The van der Waals surface area contributed by atoms with Crippen LogP contribution < -0.4 is 5.32 Å². The van der Waals surface area contributed by atoms with E-state index in [-0.39, 0.29) is 18.1 Å². The molecule has 0 spiro atoms. The minimum atomic E-state index is -0.468. The highest BCUT2D eigenvalue weighted by Gasteiger charge is 2.17. The van der Waals surface area contributed by atoms with Gasteiger partial charge in [-0.3, -0.25) is 19.8 Å². The lowest BCUT2D eigenvalue weighted by Crippen LogP contribution is -2.30. The van der Waals surface area contributed by atoms with Crippen LogP contribution in [0.2, 0.25) is 5.02 Å². The summed E-state index contributed by atoms with van der Waals surface area (Å²) in [7, 11) is 1.75. The summed E-state index contributed by atoms with van der Waals surface area (Å²) in [5.74, 6) is -0.210. The van der Waals surface area contributed by atoms with E-state index in [9.17, 15) is 14.9 Å². The molecular formula is C22H24ClN5O3. The summed E-state index contributed by atoms with van der Waals surface area (Å²) in [6.07, 6.45) is 0.